The van der Waals surface area contributed by atoms with Gasteiger partial charge in [-0.15, -0.1) is 0 Å². The lowest BCUT2D eigenvalue weighted by Gasteiger charge is -2.40. The smallest absolute Gasteiger partial charge is 0.335 e. The van der Waals surface area contributed by atoms with E-state index in [1.165, 1.54) is 96.3 Å². The lowest BCUT2D eigenvalue weighted by Crippen LogP contribution is -2.61. The second-order valence-corrected chi connectivity index (χ2v) is 18.1. The predicted octanol–water partition coefficient (Wildman–Crippen LogP) is 12.7. The van der Waals surface area contributed by atoms with Crippen molar-refractivity contribution in [2.45, 2.75) is 263 Å². The molecule has 0 aliphatic carbocycles. The summed E-state index contributed by atoms with van der Waals surface area (Å²) in [5.41, 5.74) is 0. The van der Waals surface area contributed by atoms with Crippen molar-refractivity contribution in [2.75, 3.05) is 13.2 Å². The zero-order valence-corrected chi connectivity index (χ0v) is 42.1. The summed E-state index contributed by atoms with van der Waals surface area (Å²) in [6, 6.07) is 0. The van der Waals surface area contributed by atoms with Crippen LogP contribution in [0.4, 0.5) is 0 Å². The Bertz CT molecular complexity index is 1360. The van der Waals surface area contributed by atoms with Gasteiger partial charge < -0.3 is 39.0 Å². The molecule has 1 aliphatic heterocycles. The molecule has 0 bridgehead atoms. The number of carboxylic acids is 1. The molecule has 1 heterocycles. The number of carbonyl (C=O) groups excluding carboxylic acids is 3. The van der Waals surface area contributed by atoms with Crippen molar-refractivity contribution in [1.82, 2.24) is 0 Å². The summed E-state index contributed by atoms with van der Waals surface area (Å²) in [5.74, 6) is -3.22. The van der Waals surface area contributed by atoms with Crippen molar-refractivity contribution in [2.24, 2.45) is 0 Å². The highest BCUT2D eigenvalue weighted by molar-refractivity contribution is 5.74. The SMILES string of the molecule is CC/C=C\C/C=C\C/C=C\C/C=C\CCC(=O)OCC(COC1OC(C(=O)O)C(O)C(O)C1OC(=O)CCCCCCCCCCCCCCCCC)OC(=O)CCCCCCCCCCC. The first-order valence-electron chi connectivity index (χ1n) is 26.6. The van der Waals surface area contributed by atoms with Crippen LogP contribution in [0.3, 0.4) is 0 Å². The molecule has 0 saturated carbocycles. The van der Waals surface area contributed by atoms with Crippen LogP contribution in [-0.4, -0.2) is 89.2 Å². The molecule has 1 saturated heterocycles. The molecule has 0 radical (unpaired) electrons. The van der Waals surface area contributed by atoms with E-state index in [4.69, 9.17) is 23.7 Å². The number of aliphatic hydroxyl groups is 2. The second-order valence-electron chi connectivity index (χ2n) is 18.1. The van der Waals surface area contributed by atoms with Crippen LogP contribution in [0.1, 0.15) is 226 Å². The Kier molecular flexibility index (Phi) is 40.4. The minimum atomic E-state index is -1.91. The third-order valence-electron chi connectivity index (χ3n) is 11.9. The van der Waals surface area contributed by atoms with Crippen LogP contribution in [0, 0.1) is 0 Å². The van der Waals surface area contributed by atoms with E-state index in [-0.39, 0.29) is 25.9 Å². The minimum Gasteiger partial charge on any atom is -0.479 e. The van der Waals surface area contributed by atoms with Crippen LogP contribution < -0.4 is 0 Å². The molecule has 12 heteroatoms. The van der Waals surface area contributed by atoms with Gasteiger partial charge in [-0.2, -0.15) is 0 Å². The van der Waals surface area contributed by atoms with E-state index in [1.54, 1.807) is 0 Å². The van der Waals surface area contributed by atoms with Gasteiger partial charge in [-0.25, -0.2) is 4.79 Å². The summed E-state index contributed by atoms with van der Waals surface area (Å²) >= 11 is 0. The Morgan fingerprint density at radius 2 is 0.940 bits per heavy atom. The average molecular weight is 947 g/mol. The van der Waals surface area contributed by atoms with Crippen LogP contribution in [0.5, 0.6) is 0 Å². The molecule has 6 unspecified atom stereocenters. The number of carbonyl (C=O) groups is 4. The van der Waals surface area contributed by atoms with Gasteiger partial charge in [-0.3, -0.25) is 14.4 Å². The molecule has 1 fully saturated rings. The number of rotatable bonds is 44. The fraction of sp³-hybridized carbons (Fsp3) is 0.782. The van der Waals surface area contributed by atoms with Gasteiger partial charge in [0.1, 0.15) is 18.8 Å². The maximum absolute atomic E-state index is 13.0. The van der Waals surface area contributed by atoms with Crippen molar-refractivity contribution in [3.8, 4) is 0 Å². The van der Waals surface area contributed by atoms with Crippen LogP contribution in [-0.2, 0) is 42.9 Å². The van der Waals surface area contributed by atoms with Gasteiger partial charge in [0.2, 0.25) is 0 Å². The molecule has 67 heavy (non-hydrogen) atoms. The lowest BCUT2D eigenvalue weighted by molar-refractivity contribution is -0.301. The van der Waals surface area contributed by atoms with E-state index in [0.29, 0.717) is 19.3 Å². The summed E-state index contributed by atoms with van der Waals surface area (Å²) in [7, 11) is 0. The van der Waals surface area contributed by atoms with Gasteiger partial charge in [0.25, 0.3) is 0 Å². The van der Waals surface area contributed by atoms with E-state index >= 15 is 0 Å². The number of allylic oxidation sites excluding steroid dienone is 8. The summed E-state index contributed by atoms with van der Waals surface area (Å²) in [6.07, 6.45) is 38.4. The third kappa shape index (κ3) is 34.6. The Morgan fingerprint density at radius 3 is 1.40 bits per heavy atom. The number of hydrogen-bond donors (Lipinski definition) is 3. The highest BCUT2D eigenvalue weighted by atomic mass is 16.7. The monoisotopic (exact) mass is 947 g/mol. The Labute approximate surface area is 405 Å². The molecule has 0 amide bonds. The van der Waals surface area contributed by atoms with Crippen LogP contribution in [0.15, 0.2) is 48.6 Å². The predicted molar refractivity (Wildman–Crippen MR) is 266 cm³/mol. The van der Waals surface area contributed by atoms with Gasteiger partial charge >= 0.3 is 23.9 Å². The summed E-state index contributed by atoms with van der Waals surface area (Å²) < 4.78 is 28.2. The van der Waals surface area contributed by atoms with Crippen molar-refractivity contribution < 1.29 is 58.2 Å². The zero-order chi connectivity index (χ0) is 49.0. The largest absolute Gasteiger partial charge is 0.479 e. The number of carboxylic acid groups (broad SMARTS) is 1. The van der Waals surface area contributed by atoms with Gasteiger partial charge in [0.05, 0.1) is 6.61 Å². The van der Waals surface area contributed by atoms with E-state index < -0.39 is 67.3 Å². The first-order valence-corrected chi connectivity index (χ1v) is 26.6. The average Bonchev–Trinajstić information content (AvgIpc) is 3.31. The molecule has 6 atom stereocenters. The van der Waals surface area contributed by atoms with Crippen molar-refractivity contribution in [3.63, 3.8) is 0 Å². The second kappa shape index (κ2) is 43.9. The number of aliphatic carboxylic acids is 1. The van der Waals surface area contributed by atoms with Gasteiger partial charge in [0.15, 0.2) is 24.6 Å². The van der Waals surface area contributed by atoms with Crippen LogP contribution >= 0.6 is 0 Å². The maximum atomic E-state index is 13.0. The number of ether oxygens (including phenoxy) is 5. The van der Waals surface area contributed by atoms with Crippen LogP contribution in [0.2, 0.25) is 0 Å². The first kappa shape index (κ1) is 61.7. The Hall–Kier alpha value is -3.32. The topological polar surface area (TPSA) is 175 Å². The van der Waals surface area contributed by atoms with E-state index in [0.717, 1.165) is 70.6 Å². The van der Waals surface area contributed by atoms with Gasteiger partial charge in [-0.05, 0) is 44.9 Å². The normalized spacial score (nSPS) is 19.2. The number of hydrogen-bond acceptors (Lipinski definition) is 11. The summed E-state index contributed by atoms with van der Waals surface area (Å²) in [4.78, 5) is 50.7. The van der Waals surface area contributed by atoms with Crippen molar-refractivity contribution in [3.05, 3.63) is 48.6 Å². The molecule has 386 valence electrons. The lowest BCUT2D eigenvalue weighted by atomic mass is 9.98. The number of esters is 3. The molecule has 1 aliphatic rings. The Morgan fingerprint density at radius 1 is 0.507 bits per heavy atom. The highest BCUT2D eigenvalue weighted by Gasteiger charge is 2.50. The standard InChI is InChI=1S/C55H94O12/c1-4-7-10-13-16-19-21-23-24-26-28-31-34-37-40-43-49(58)66-53-51(60)50(59)52(54(61)62)67-55(53)64-45-46(65-48(57)42-39-36-33-29-18-15-12-9-6-3)44-63-47(56)41-38-35-32-30-27-25-22-20-17-14-11-8-5-2/h8,11,17,20,25,27,32,35,46,50-53,55,59-60H,4-7,9-10,12-16,18-19,21-24,26,28-31,33-34,36-45H2,1-3H3,(H,61,62)/b11-8-,20-17-,27-25-,35-32-. The maximum Gasteiger partial charge on any atom is 0.335 e. The van der Waals surface area contributed by atoms with Gasteiger partial charge in [-0.1, -0.05) is 211 Å². The summed E-state index contributed by atoms with van der Waals surface area (Å²) in [5, 5.41) is 31.3. The van der Waals surface area contributed by atoms with E-state index in [2.05, 4.69) is 57.2 Å². The summed E-state index contributed by atoms with van der Waals surface area (Å²) in [6.45, 7) is 5.77. The fourth-order valence-corrected chi connectivity index (χ4v) is 7.85. The van der Waals surface area contributed by atoms with Gasteiger partial charge in [0, 0.05) is 19.3 Å². The molecule has 0 aromatic heterocycles. The van der Waals surface area contributed by atoms with E-state index in [1.807, 2.05) is 12.2 Å². The Balaban J connectivity index is 2.73. The molecular formula is C55H94O12. The number of unbranched alkanes of at least 4 members (excludes halogenated alkanes) is 22. The molecule has 0 spiro atoms. The zero-order valence-electron chi connectivity index (χ0n) is 42.1. The fourth-order valence-electron chi connectivity index (χ4n) is 7.85. The quantitative estimate of drug-likeness (QED) is 0.0228. The molecule has 12 nitrogen and oxygen atoms in total. The first-order chi connectivity index (χ1) is 32.6. The third-order valence-corrected chi connectivity index (χ3v) is 11.9. The molecule has 1 rings (SSSR count). The highest BCUT2D eigenvalue weighted by Crippen LogP contribution is 2.26. The van der Waals surface area contributed by atoms with E-state index in [9.17, 15) is 34.5 Å². The molecular weight excluding hydrogens is 853 g/mol. The van der Waals surface area contributed by atoms with Crippen LogP contribution in [0.25, 0.3) is 0 Å². The molecule has 3 N–H and O–H groups in total. The number of aliphatic hydroxyl groups excluding tert-OH is 2. The van der Waals surface area contributed by atoms with Crippen molar-refractivity contribution in [1.29, 1.82) is 0 Å². The molecule has 0 aromatic carbocycles. The molecule has 0 aromatic rings. The minimum absolute atomic E-state index is 0.0581. The van der Waals surface area contributed by atoms with Crippen molar-refractivity contribution >= 4 is 23.9 Å².